The van der Waals surface area contributed by atoms with Crippen LogP contribution in [0.3, 0.4) is 0 Å². The van der Waals surface area contributed by atoms with Crippen LogP contribution in [0.5, 0.6) is 0 Å². The van der Waals surface area contributed by atoms with Crippen LogP contribution in [0.4, 0.5) is 0 Å². The third kappa shape index (κ3) is 7.71. The van der Waals surface area contributed by atoms with E-state index in [1.165, 1.54) is 0 Å². The predicted octanol–water partition coefficient (Wildman–Crippen LogP) is 1.39. The normalized spacial score (nSPS) is 13.1. The van der Waals surface area contributed by atoms with Gasteiger partial charge in [0.15, 0.2) is 0 Å². The van der Waals surface area contributed by atoms with Crippen molar-refractivity contribution < 1.29 is 5.11 Å². The molecule has 15 heavy (non-hydrogen) atoms. The van der Waals surface area contributed by atoms with Crippen LogP contribution < -0.4 is 5.73 Å². The number of rotatable bonds is 9. The molecule has 0 heterocycles. The Hall–Kier alpha value is -0.190. The lowest BCUT2D eigenvalue weighted by atomic mass is 10.1. The third-order valence-electron chi connectivity index (χ3n) is 2.60. The molecule has 3 N–H and O–H groups in total. The van der Waals surface area contributed by atoms with Crippen molar-refractivity contribution in [2.45, 2.75) is 33.1 Å². The molecule has 0 aromatic rings. The maximum atomic E-state index is 8.66. The summed E-state index contributed by atoms with van der Waals surface area (Å²) in [7, 11) is 0. The first-order chi connectivity index (χ1) is 7.11. The summed E-state index contributed by atoms with van der Waals surface area (Å²) in [6.45, 7) is 7.58. The van der Waals surface area contributed by atoms with Gasteiger partial charge in [-0.15, -0.1) is 0 Å². The average Bonchev–Trinajstić information content (AvgIpc) is 2.22. The van der Waals surface area contributed by atoms with Crippen LogP contribution in [0, 0.1) is 5.92 Å². The Morgan fingerprint density at radius 2 is 2.07 bits per heavy atom. The van der Waals surface area contributed by atoms with Gasteiger partial charge in [-0.3, -0.25) is 0 Å². The van der Waals surface area contributed by atoms with E-state index in [9.17, 15) is 0 Å². The van der Waals surface area contributed by atoms with Crippen LogP contribution in [0.15, 0.2) is 0 Å². The minimum absolute atomic E-state index is 0.290. The third-order valence-corrected chi connectivity index (χ3v) is 3.00. The first-order valence-corrected chi connectivity index (χ1v) is 6.15. The zero-order valence-electron chi connectivity index (χ0n) is 9.91. The van der Waals surface area contributed by atoms with E-state index in [1.54, 1.807) is 0 Å². The van der Waals surface area contributed by atoms with Crippen molar-refractivity contribution in [1.29, 1.82) is 0 Å². The second-order valence-electron chi connectivity index (χ2n) is 3.98. The summed E-state index contributed by atoms with van der Waals surface area (Å²) in [5.41, 5.74) is 5.59. The van der Waals surface area contributed by atoms with Crippen molar-refractivity contribution in [1.82, 2.24) is 4.90 Å². The molecule has 3 nitrogen and oxygen atoms in total. The van der Waals surface area contributed by atoms with Crippen molar-refractivity contribution in [2.24, 2.45) is 11.7 Å². The topological polar surface area (TPSA) is 49.5 Å². The fourth-order valence-electron chi connectivity index (χ4n) is 1.48. The minimum atomic E-state index is 0.290. The van der Waals surface area contributed by atoms with Gasteiger partial charge < -0.3 is 15.7 Å². The van der Waals surface area contributed by atoms with Crippen LogP contribution in [0.25, 0.3) is 0 Å². The summed E-state index contributed by atoms with van der Waals surface area (Å²) in [5, 5.41) is 8.66. The van der Waals surface area contributed by atoms with E-state index in [0.29, 0.717) is 11.6 Å². The quantitative estimate of drug-likeness (QED) is 0.466. The van der Waals surface area contributed by atoms with Gasteiger partial charge in [-0.1, -0.05) is 26.1 Å². The van der Waals surface area contributed by atoms with Gasteiger partial charge in [-0.2, -0.15) is 0 Å². The van der Waals surface area contributed by atoms with Gasteiger partial charge in [0.05, 0.1) is 4.99 Å². The highest BCUT2D eigenvalue weighted by atomic mass is 32.1. The molecule has 0 saturated heterocycles. The van der Waals surface area contributed by atoms with Crippen LogP contribution >= 0.6 is 12.2 Å². The molecule has 0 bridgehead atoms. The lowest BCUT2D eigenvalue weighted by molar-refractivity contribution is 0.251. The first-order valence-electron chi connectivity index (χ1n) is 5.74. The number of nitrogens with two attached hydrogens (primary N) is 1. The summed E-state index contributed by atoms with van der Waals surface area (Å²) < 4.78 is 0. The smallest absolute Gasteiger partial charge is 0.0768 e. The first kappa shape index (κ1) is 14.8. The Balaban J connectivity index is 3.67. The Morgan fingerprint density at radius 3 is 2.53 bits per heavy atom. The molecule has 0 spiro atoms. The SMILES string of the molecule is CCN(CCCCCO)CC(C)C(N)=S. The van der Waals surface area contributed by atoms with E-state index in [4.69, 9.17) is 23.1 Å². The highest BCUT2D eigenvalue weighted by molar-refractivity contribution is 7.80. The number of hydrogen-bond donors (Lipinski definition) is 2. The summed E-state index contributed by atoms with van der Waals surface area (Å²) >= 11 is 4.96. The fraction of sp³-hybridized carbons (Fsp3) is 0.909. The molecule has 90 valence electrons. The molecule has 0 amide bonds. The number of nitrogens with zero attached hydrogens (tertiary/aromatic N) is 1. The maximum Gasteiger partial charge on any atom is 0.0768 e. The molecule has 0 aliphatic heterocycles. The number of aliphatic hydroxyl groups is 1. The van der Waals surface area contributed by atoms with E-state index in [-0.39, 0.29) is 5.92 Å². The van der Waals surface area contributed by atoms with E-state index < -0.39 is 0 Å². The van der Waals surface area contributed by atoms with Crippen molar-refractivity contribution in [3.8, 4) is 0 Å². The zero-order chi connectivity index (χ0) is 11.7. The molecule has 4 heteroatoms. The number of aliphatic hydroxyl groups excluding tert-OH is 1. The molecular formula is C11H24N2OS. The van der Waals surface area contributed by atoms with E-state index >= 15 is 0 Å². The van der Waals surface area contributed by atoms with Gasteiger partial charge in [0, 0.05) is 19.1 Å². The predicted molar refractivity (Wildman–Crippen MR) is 69.0 cm³/mol. The summed E-state index contributed by atoms with van der Waals surface area (Å²) in [4.78, 5) is 2.96. The molecule has 1 atom stereocenters. The van der Waals surface area contributed by atoms with Crippen LogP contribution in [-0.4, -0.2) is 41.2 Å². The molecule has 0 radical (unpaired) electrons. The summed E-state index contributed by atoms with van der Waals surface area (Å²) in [6, 6.07) is 0. The van der Waals surface area contributed by atoms with Crippen molar-refractivity contribution >= 4 is 17.2 Å². The lowest BCUT2D eigenvalue weighted by Crippen LogP contribution is -2.34. The summed E-state index contributed by atoms with van der Waals surface area (Å²) in [6.07, 6.45) is 3.13. The molecule has 0 rings (SSSR count). The molecular weight excluding hydrogens is 208 g/mol. The molecule has 0 aliphatic rings. The number of hydrogen-bond acceptors (Lipinski definition) is 3. The van der Waals surface area contributed by atoms with Gasteiger partial charge >= 0.3 is 0 Å². The Labute approximate surface area is 98.6 Å². The van der Waals surface area contributed by atoms with E-state index in [1.807, 2.05) is 0 Å². The van der Waals surface area contributed by atoms with Gasteiger partial charge in [0.25, 0.3) is 0 Å². The monoisotopic (exact) mass is 232 g/mol. The Kier molecular flexibility index (Phi) is 8.95. The summed E-state index contributed by atoms with van der Waals surface area (Å²) in [5.74, 6) is 0.290. The highest BCUT2D eigenvalue weighted by Crippen LogP contribution is 2.03. The van der Waals surface area contributed by atoms with Crippen molar-refractivity contribution in [2.75, 3.05) is 26.2 Å². The molecule has 0 aromatic carbocycles. The van der Waals surface area contributed by atoms with Crippen LogP contribution in [0.2, 0.25) is 0 Å². The molecule has 1 unspecified atom stereocenters. The number of unbranched alkanes of at least 4 members (excludes halogenated alkanes) is 2. The molecule has 0 aromatic heterocycles. The second-order valence-corrected chi connectivity index (χ2v) is 4.45. The zero-order valence-corrected chi connectivity index (χ0v) is 10.7. The van der Waals surface area contributed by atoms with E-state index in [2.05, 4.69) is 18.7 Å². The fourth-order valence-corrected chi connectivity index (χ4v) is 1.55. The molecule has 0 fully saturated rings. The largest absolute Gasteiger partial charge is 0.396 e. The Morgan fingerprint density at radius 1 is 1.40 bits per heavy atom. The van der Waals surface area contributed by atoms with Crippen LogP contribution in [0.1, 0.15) is 33.1 Å². The van der Waals surface area contributed by atoms with Crippen molar-refractivity contribution in [3.05, 3.63) is 0 Å². The van der Waals surface area contributed by atoms with Crippen LogP contribution in [-0.2, 0) is 0 Å². The van der Waals surface area contributed by atoms with Gasteiger partial charge in [0.1, 0.15) is 0 Å². The standard InChI is InChI=1S/C11H24N2OS/c1-3-13(7-5-4-6-8-14)9-10(2)11(12)15/h10,14H,3-9H2,1-2H3,(H2,12,15). The Bertz CT molecular complexity index is 176. The average molecular weight is 232 g/mol. The maximum absolute atomic E-state index is 8.66. The van der Waals surface area contributed by atoms with Gasteiger partial charge in [-0.05, 0) is 32.4 Å². The van der Waals surface area contributed by atoms with Gasteiger partial charge in [0.2, 0.25) is 0 Å². The minimum Gasteiger partial charge on any atom is -0.396 e. The highest BCUT2D eigenvalue weighted by Gasteiger charge is 2.10. The molecule has 0 saturated carbocycles. The van der Waals surface area contributed by atoms with Crippen molar-refractivity contribution in [3.63, 3.8) is 0 Å². The van der Waals surface area contributed by atoms with E-state index in [0.717, 1.165) is 38.9 Å². The molecule has 0 aliphatic carbocycles. The van der Waals surface area contributed by atoms with Gasteiger partial charge in [-0.25, -0.2) is 0 Å². The number of thiocarbonyl (C=S) groups is 1. The second kappa shape index (κ2) is 9.07. The lowest BCUT2D eigenvalue weighted by Gasteiger charge is -2.23.